The second-order valence-corrected chi connectivity index (χ2v) is 5.23. The molecule has 2 amide bonds. The van der Waals surface area contributed by atoms with E-state index in [1.807, 2.05) is 35.7 Å². The summed E-state index contributed by atoms with van der Waals surface area (Å²) in [6.45, 7) is 0.300. The maximum Gasteiger partial charge on any atom is 0.309 e. The Morgan fingerprint density at radius 3 is 2.48 bits per heavy atom. The first-order valence-electron chi connectivity index (χ1n) is 6.47. The Balaban J connectivity index is 1.74. The van der Waals surface area contributed by atoms with E-state index in [0.29, 0.717) is 6.54 Å². The van der Waals surface area contributed by atoms with Gasteiger partial charge in [0.25, 0.3) is 0 Å². The summed E-state index contributed by atoms with van der Waals surface area (Å²) >= 11 is 1.46. The fourth-order valence-electron chi connectivity index (χ4n) is 1.71. The van der Waals surface area contributed by atoms with Gasteiger partial charge < -0.3 is 15.7 Å². The van der Waals surface area contributed by atoms with Crippen molar-refractivity contribution in [3.8, 4) is 0 Å². The minimum absolute atomic E-state index is 0.00826. The van der Waals surface area contributed by atoms with Crippen molar-refractivity contribution in [1.82, 2.24) is 10.6 Å². The van der Waals surface area contributed by atoms with E-state index in [-0.39, 0.29) is 6.54 Å². The molecule has 1 unspecified atom stereocenters. The summed E-state index contributed by atoms with van der Waals surface area (Å²) in [5.74, 6) is -1.46. The van der Waals surface area contributed by atoms with Crippen LogP contribution in [0.25, 0.3) is 0 Å². The zero-order valence-corrected chi connectivity index (χ0v) is 12.1. The number of nitrogens with one attached hydrogen (secondary N) is 2. The number of aliphatic hydroxyl groups excluding tert-OH is 1. The first-order valence-corrected chi connectivity index (χ1v) is 7.41. The minimum atomic E-state index is -0.804. The van der Waals surface area contributed by atoms with Gasteiger partial charge in [0.15, 0.2) is 0 Å². The number of carbonyl (C=O) groups is 2. The van der Waals surface area contributed by atoms with Crippen LogP contribution in [0.5, 0.6) is 0 Å². The Bertz CT molecular complexity index is 584. The molecule has 21 heavy (non-hydrogen) atoms. The summed E-state index contributed by atoms with van der Waals surface area (Å²) < 4.78 is 0. The zero-order chi connectivity index (χ0) is 15.1. The molecule has 0 saturated heterocycles. The Kier molecular flexibility index (Phi) is 5.48. The number of hydrogen-bond acceptors (Lipinski definition) is 4. The molecule has 0 aliphatic heterocycles. The lowest BCUT2D eigenvalue weighted by molar-refractivity contribution is -0.139. The summed E-state index contributed by atoms with van der Waals surface area (Å²) in [5, 5.41) is 18.4. The van der Waals surface area contributed by atoms with Crippen molar-refractivity contribution < 1.29 is 14.7 Å². The van der Waals surface area contributed by atoms with E-state index in [2.05, 4.69) is 10.6 Å². The second kappa shape index (κ2) is 7.56. The summed E-state index contributed by atoms with van der Waals surface area (Å²) in [7, 11) is 0. The predicted octanol–water partition coefficient (Wildman–Crippen LogP) is 1.21. The van der Waals surface area contributed by atoms with Crippen LogP contribution < -0.4 is 10.6 Å². The molecule has 0 aliphatic rings. The molecule has 1 aromatic heterocycles. The number of carbonyl (C=O) groups excluding carboxylic acids is 2. The third-order valence-corrected chi connectivity index (χ3v) is 3.59. The molecule has 0 aliphatic carbocycles. The van der Waals surface area contributed by atoms with Crippen LogP contribution in [0.2, 0.25) is 0 Å². The van der Waals surface area contributed by atoms with Crippen molar-refractivity contribution >= 4 is 23.2 Å². The first-order chi connectivity index (χ1) is 10.2. The predicted molar refractivity (Wildman–Crippen MR) is 80.6 cm³/mol. The van der Waals surface area contributed by atoms with Crippen molar-refractivity contribution in [2.75, 3.05) is 6.54 Å². The van der Waals surface area contributed by atoms with E-state index in [1.165, 1.54) is 11.3 Å². The summed E-state index contributed by atoms with van der Waals surface area (Å²) in [4.78, 5) is 23.2. The lowest BCUT2D eigenvalue weighted by Crippen LogP contribution is -2.41. The van der Waals surface area contributed by atoms with Crippen LogP contribution in [0.4, 0.5) is 0 Å². The fraction of sp³-hybridized carbons (Fsp3) is 0.200. The molecule has 0 spiro atoms. The average Bonchev–Trinajstić information content (AvgIpc) is 3.05. The maximum atomic E-state index is 11.6. The van der Waals surface area contributed by atoms with Gasteiger partial charge in [-0.05, 0) is 28.0 Å². The van der Waals surface area contributed by atoms with Crippen molar-refractivity contribution in [3.63, 3.8) is 0 Å². The van der Waals surface area contributed by atoms with Gasteiger partial charge in [-0.25, -0.2) is 0 Å². The van der Waals surface area contributed by atoms with E-state index in [4.69, 9.17) is 0 Å². The van der Waals surface area contributed by atoms with Crippen molar-refractivity contribution in [3.05, 3.63) is 58.3 Å². The van der Waals surface area contributed by atoms with Gasteiger partial charge >= 0.3 is 11.8 Å². The molecule has 3 N–H and O–H groups in total. The molecule has 6 heteroatoms. The van der Waals surface area contributed by atoms with Gasteiger partial charge in [-0.1, -0.05) is 30.3 Å². The molecule has 1 aromatic carbocycles. The number of aliphatic hydroxyl groups is 1. The molecule has 5 nitrogen and oxygen atoms in total. The second-order valence-electron chi connectivity index (χ2n) is 4.45. The topological polar surface area (TPSA) is 78.4 Å². The summed E-state index contributed by atoms with van der Waals surface area (Å²) in [6, 6.07) is 11.1. The van der Waals surface area contributed by atoms with Gasteiger partial charge in [0.1, 0.15) is 0 Å². The van der Waals surface area contributed by atoms with E-state index in [0.717, 1.165) is 11.1 Å². The lowest BCUT2D eigenvalue weighted by atomic mass is 10.2. The van der Waals surface area contributed by atoms with Crippen LogP contribution in [0.1, 0.15) is 17.2 Å². The molecule has 0 bridgehead atoms. The van der Waals surface area contributed by atoms with E-state index < -0.39 is 17.9 Å². The lowest BCUT2D eigenvalue weighted by Gasteiger charge is -2.10. The zero-order valence-electron chi connectivity index (χ0n) is 11.3. The fourth-order valence-corrected chi connectivity index (χ4v) is 2.42. The third kappa shape index (κ3) is 4.70. The highest BCUT2D eigenvalue weighted by Crippen LogP contribution is 2.14. The van der Waals surface area contributed by atoms with E-state index in [9.17, 15) is 14.7 Å². The normalized spacial score (nSPS) is 11.7. The average molecular weight is 304 g/mol. The van der Waals surface area contributed by atoms with Crippen LogP contribution in [0.15, 0.2) is 47.2 Å². The van der Waals surface area contributed by atoms with Gasteiger partial charge in [-0.2, -0.15) is 11.3 Å². The van der Waals surface area contributed by atoms with Crippen LogP contribution in [-0.4, -0.2) is 23.5 Å². The quantitative estimate of drug-likeness (QED) is 0.727. The molecule has 110 valence electrons. The van der Waals surface area contributed by atoms with Crippen molar-refractivity contribution in [2.45, 2.75) is 12.6 Å². The molecule has 2 aromatic rings. The number of benzene rings is 1. The maximum absolute atomic E-state index is 11.6. The number of rotatable bonds is 5. The van der Waals surface area contributed by atoms with Crippen LogP contribution >= 0.6 is 11.3 Å². The van der Waals surface area contributed by atoms with E-state index >= 15 is 0 Å². The smallest absolute Gasteiger partial charge is 0.309 e. The SMILES string of the molecule is O=C(NCc1ccccc1)C(=O)NCC(O)c1ccsc1. The molecule has 0 radical (unpaired) electrons. The number of amides is 2. The van der Waals surface area contributed by atoms with Gasteiger partial charge in [-0.3, -0.25) is 9.59 Å². The molecular weight excluding hydrogens is 288 g/mol. The van der Waals surface area contributed by atoms with Gasteiger partial charge in [-0.15, -0.1) is 0 Å². The van der Waals surface area contributed by atoms with E-state index in [1.54, 1.807) is 11.4 Å². The van der Waals surface area contributed by atoms with Crippen molar-refractivity contribution in [2.24, 2.45) is 0 Å². The molecule has 0 fully saturated rings. The molecule has 2 rings (SSSR count). The third-order valence-electron chi connectivity index (χ3n) is 2.89. The van der Waals surface area contributed by atoms with Crippen LogP contribution in [0.3, 0.4) is 0 Å². The summed E-state index contributed by atoms with van der Waals surface area (Å²) in [5.41, 5.74) is 1.64. The Hall–Kier alpha value is -2.18. The van der Waals surface area contributed by atoms with Gasteiger partial charge in [0.05, 0.1) is 6.10 Å². The summed E-state index contributed by atoms with van der Waals surface area (Å²) in [6.07, 6.45) is -0.804. The minimum Gasteiger partial charge on any atom is -0.387 e. The Morgan fingerprint density at radius 1 is 1.10 bits per heavy atom. The largest absolute Gasteiger partial charge is 0.387 e. The van der Waals surface area contributed by atoms with Crippen LogP contribution in [-0.2, 0) is 16.1 Å². The molecular formula is C15H16N2O3S. The Morgan fingerprint density at radius 2 is 1.81 bits per heavy atom. The monoisotopic (exact) mass is 304 g/mol. The standard InChI is InChI=1S/C15H16N2O3S/c18-13(12-6-7-21-10-12)9-17-15(20)14(19)16-8-11-4-2-1-3-5-11/h1-7,10,13,18H,8-9H2,(H,16,19)(H,17,20). The van der Waals surface area contributed by atoms with Crippen LogP contribution in [0, 0.1) is 0 Å². The van der Waals surface area contributed by atoms with Gasteiger partial charge in [0, 0.05) is 13.1 Å². The molecule has 0 saturated carbocycles. The van der Waals surface area contributed by atoms with Gasteiger partial charge in [0.2, 0.25) is 0 Å². The highest BCUT2D eigenvalue weighted by molar-refractivity contribution is 7.07. The number of hydrogen-bond donors (Lipinski definition) is 3. The molecule has 1 heterocycles. The highest BCUT2D eigenvalue weighted by Gasteiger charge is 2.15. The highest BCUT2D eigenvalue weighted by atomic mass is 32.1. The van der Waals surface area contributed by atoms with Crippen molar-refractivity contribution in [1.29, 1.82) is 0 Å². The first kappa shape index (κ1) is 15.2. The number of thiophene rings is 1. The molecule has 1 atom stereocenters. The Labute approximate surface area is 126 Å².